The van der Waals surface area contributed by atoms with Crippen LogP contribution >= 0.6 is 0 Å². The number of anilines is 1. The summed E-state index contributed by atoms with van der Waals surface area (Å²) in [6.07, 6.45) is 3.12. The molecule has 0 aromatic heterocycles. The summed E-state index contributed by atoms with van der Waals surface area (Å²) in [6.45, 7) is -2.46. The molecule has 0 saturated carbocycles. The lowest BCUT2D eigenvalue weighted by Gasteiger charge is -2.12. The molecule has 0 saturated heterocycles. The van der Waals surface area contributed by atoms with Crippen LogP contribution in [0.3, 0.4) is 0 Å². The van der Waals surface area contributed by atoms with Crippen molar-refractivity contribution < 1.29 is 31.8 Å². The molecule has 0 radical (unpaired) electrons. The summed E-state index contributed by atoms with van der Waals surface area (Å²) in [6, 6.07) is 8.95. The van der Waals surface area contributed by atoms with Crippen LogP contribution in [0.1, 0.15) is 23.6 Å². The number of hydrogen-bond acceptors (Lipinski definition) is 3. The molecule has 0 heterocycles. The summed E-state index contributed by atoms with van der Waals surface area (Å²) in [7, 11) is 0. The van der Waals surface area contributed by atoms with Crippen LogP contribution in [0.4, 0.5) is 23.2 Å². The third kappa shape index (κ3) is 6.00. The molecular weight excluding hydrogens is 378 g/mol. The fourth-order valence-electron chi connectivity index (χ4n) is 2.56. The van der Waals surface area contributed by atoms with Crippen LogP contribution in [-0.2, 0) is 11.2 Å². The van der Waals surface area contributed by atoms with Crippen molar-refractivity contribution in [2.45, 2.75) is 33.5 Å². The van der Waals surface area contributed by atoms with Crippen molar-refractivity contribution in [3.05, 3.63) is 59.2 Å². The monoisotopic (exact) mass is 397 g/mol. The smallest absolute Gasteiger partial charge is 0.387 e. The largest absolute Gasteiger partial charge is 0.435 e. The molecule has 28 heavy (non-hydrogen) atoms. The Morgan fingerprint density at radius 3 is 2.46 bits per heavy atom. The quantitative estimate of drug-likeness (QED) is 0.478. The van der Waals surface area contributed by atoms with Gasteiger partial charge in [0.05, 0.1) is 0 Å². The molecule has 150 valence electrons. The molecule has 2 aromatic rings. The maximum Gasteiger partial charge on any atom is 0.387 e. The highest BCUT2D eigenvalue weighted by Gasteiger charge is 2.13. The van der Waals surface area contributed by atoms with E-state index in [0.717, 1.165) is 29.7 Å². The van der Waals surface area contributed by atoms with Gasteiger partial charge >= 0.3 is 13.2 Å². The molecular formula is C20H19F4NO3. The second-order valence-electron chi connectivity index (χ2n) is 5.74. The number of para-hydroxylation sites is 1. The van der Waals surface area contributed by atoms with Crippen LogP contribution in [-0.4, -0.2) is 19.1 Å². The van der Waals surface area contributed by atoms with E-state index >= 15 is 0 Å². The molecule has 0 aliphatic heterocycles. The van der Waals surface area contributed by atoms with E-state index in [1.165, 1.54) is 18.2 Å². The second kappa shape index (κ2) is 9.77. The molecule has 0 atom stereocenters. The summed E-state index contributed by atoms with van der Waals surface area (Å²) < 4.78 is 58.3. The van der Waals surface area contributed by atoms with E-state index < -0.39 is 19.1 Å². The fraction of sp³-hybridized carbons (Fsp3) is 0.250. The molecule has 8 heteroatoms. The Kier molecular flexibility index (Phi) is 7.43. The standard InChI is InChI=1S/C20H19F4NO3/c1-3-13-6-4-5-12(2)18(13)25-17(26)10-8-14-7-9-15(27-19(21)22)11-16(14)28-20(23)24/h4-11,19-20H,3H2,1-2H3,(H,25,26)/b10-8+. The predicted molar refractivity (Wildman–Crippen MR) is 97.9 cm³/mol. The first-order chi connectivity index (χ1) is 13.3. The maximum atomic E-state index is 12.6. The van der Waals surface area contributed by atoms with Crippen molar-refractivity contribution in [2.24, 2.45) is 0 Å². The van der Waals surface area contributed by atoms with E-state index in [-0.39, 0.29) is 17.1 Å². The second-order valence-corrected chi connectivity index (χ2v) is 5.74. The molecule has 0 fully saturated rings. The number of amides is 1. The van der Waals surface area contributed by atoms with Gasteiger partial charge < -0.3 is 14.8 Å². The average molecular weight is 397 g/mol. The van der Waals surface area contributed by atoms with E-state index in [1.807, 2.05) is 32.0 Å². The number of hydrogen-bond donors (Lipinski definition) is 1. The minimum absolute atomic E-state index is 0.109. The summed E-state index contributed by atoms with van der Waals surface area (Å²) in [4.78, 5) is 12.2. The zero-order valence-corrected chi connectivity index (χ0v) is 15.2. The van der Waals surface area contributed by atoms with E-state index in [0.29, 0.717) is 5.69 Å². The zero-order chi connectivity index (χ0) is 20.7. The van der Waals surface area contributed by atoms with Crippen LogP contribution in [0.2, 0.25) is 0 Å². The fourth-order valence-corrected chi connectivity index (χ4v) is 2.56. The minimum Gasteiger partial charge on any atom is -0.435 e. The van der Waals surface area contributed by atoms with Crippen molar-refractivity contribution >= 4 is 17.7 Å². The lowest BCUT2D eigenvalue weighted by molar-refractivity contribution is -0.111. The summed E-state index contributed by atoms with van der Waals surface area (Å²) >= 11 is 0. The van der Waals surface area contributed by atoms with Gasteiger partial charge in [0, 0.05) is 23.4 Å². The van der Waals surface area contributed by atoms with Gasteiger partial charge in [0.1, 0.15) is 11.5 Å². The number of alkyl halides is 4. The van der Waals surface area contributed by atoms with E-state index in [2.05, 4.69) is 14.8 Å². The number of aryl methyl sites for hydroxylation is 2. The molecule has 0 aliphatic carbocycles. The number of nitrogens with one attached hydrogen (secondary N) is 1. The summed E-state index contributed by atoms with van der Waals surface area (Å²) in [5, 5.41) is 2.76. The first-order valence-electron chi connectivity index (χ1n) is 8.41. The van der Waals surface area contributed by atoms with Crippen LogP contribution < -0.4 is 14.8 Å². The normalized spacial score (nSPS) is 11.3. The van der Waals surface area contributed by atoms with E-state index in [9.17, 15) is 22.4 Å². The van der Waals surface area contributed by atoms with Crippen molar-refractivity contribution in [3.63, 3.8) is 0 Å². The average Bonchev–Trinajstić information content (AvgIpc) is 2.61. The Morgan fingerprint density at radius 1 is 1.11 bits per heavy atom. The molecule has 4 nitrogen and oxygen atoms in total. The highest BCUT2D eigenvalue weighted by atomic mass is 19.3. The van der Waals surface area contributed by atoms with Crippen LogP contribution in [0.15, 0.2) is 42.5 Å². The molecule has 2 rings (SSSR count). The SMILES string of the molecule is CCc1cccc(C)c1NC(=O)/C=C/c1ccc(OC(F)F)cc1OC(F)F. The first kappa shape index (κ1) is 21.3. The molecule has 1 amide bonds. The lowest BCUT2D eigenvalue weighted by Crippen LogP contribution is -2.11. The zero-order valence-electron chi connectivity index (χ0n) is 15.2. The Morgan fingerprint density at radius 2 is 1.82 bits per heavy atom. The number of carbonyl (C=O) groups is 1. The molecule has 1 N–H and O–H groups in total. The third-order valence-corrected chi connectivity index (χ3v) is 3.83. The lowest BCUT2D eigenvalue weighted by atomic mass is 10.1. The van der Waals surface area contributed by atoms with Gasteiger partial charge in [-0.3, -0.25) is 4.79 Å². The molecule has 0 aliphatic rings. The number of ether oxygens (including phenoxy) is 2. The molecule has 0 bridgehead atoms. The van der Waals surface area contributed by atoms with Crippen LogP contribution in [0, 0.1) is 6.92 Å². The van der Waals surface area contributed by atoms with Crippen molar-refractivity contribution in [3.8, 4) is 11.5 Å². The van der Waals surface area contributed by atoms with Gasteiger partial charge in [0.15, 0.2) is 0 Å². The highest BCUT2D eigenvalue weighted by Crippen LogP contribution is 2.28. The molecule has 2 aromatic carbocycles. The number of carbonyl (C=O) groups excluding carboxylic acids is 1. The van der Waals surface area contributed by atoms with Crippen LogP contribution in [0.5, 0.6) is 11.5 Å². The van der Waals surface area contributed by atoms with Gasteiger partial charge in [-0.05, 0) is 42.7 Å². The van der Waals surface area contributed by atoms with Gasteiger partial charge in [-0.25, -0.2) is 0 Å². The predicted octanol–water partition coefficient (Wildman–Crippen LogP) is 5.41. The number of benzene rings is 2. The Bertz CT molecular complexity index is 853. The topological polar surface area (TPSA) is 47.6 Å². The number of halogens is 4. The number of rotatable bonds is 8. The van der Waals surface area contributed by atoms with E-state index in [4.69, 9.17) is 0 Å². The van der Waals surface area contributed by atoms with E-state index in [1.54, 1.807) is 0 Å². The maximum absolute atomic E-state index is 12.6. The van der Waals surface area contributed by atoms with Gasteiger partial charge in [0.25, 0.3) is 0 Å². The Labute approximate surface area is 159 Å². The molecule has 0 unspecified atom stereocenters. The van der Waals surface area contributed by atoms with Gasteiger partial charge in [-0.2, -0.15) is 17.6 Å². The third-order valence-electron chi connectivity index (χ3n) is 3.83. The van der Waals surface area contributed by atoms with Gasteiger partial charge in [0.2, 0.25) is 5.91 Å². The van der Waals surface area contributed by atoms with Crippen LogP contribution in [0.25, 0.3) is 6.08 Å². The Balaban J connectivity index is 2.21. The van der Waals surface area contributed by atoms with Crippen molar-refractivity contribution in [1.29, 1.82) is 0 Å². The Hall–Kier alpha value is -3.03. The van der Waals surface area contributed by atoms with Gasteiger partial charge in [-0.15, -0.1) is 0 Å². The highest BCUT2D eigenvalue weighted by molar-refractivity contribution is 6.03. The van der Waals surface area contributed by atoms with Crippen molar-refractivity contribution in [2.75, 3.05) is 5.32 Å². The van der Waals surface area contributed by atoms with Crippen molar-refractivity contribution in [1.82, 2.24) is 0 Å². The summed E-state index contributed by atoms with van der Waals surface area (Å²) in [5.41, 5.74) is 2.63. The summed E-state index contributed by atoms with van der Waals surface area (Å²) in [5.74, 6) is -1.19. The molecule has 0 spiro atoms. The first-order valence-corrected chi connectivity index (χ1v) is 8.41. The van der Waals surface area contributed by atoms with Gasteiger partial charge in [-0.1, -0.05) is 25.1 Å². The minimum atomic E-state index is -3.16.